The molecule has 1 unspecified atom stereocenters. The van der Waals surface area contributed by atoms with Gasteiger partial charge in [0.15, 0.2) is 24.8 Å². The Labute approximate surface area is 384 Å². The molecule has 3 aliphatic rings. The molecule has 3 fully saturated rings. The van der Waals surface area contributed by atoms with E-state index in [0.717, 1.165) is 39.1 Å². The number of amides is 1. The average Bonchev–Trinajstić information content (AvgIpc) is 3.23. The zero-order chi connectivity index (χ0) is 46.2. The van der Waals surface area contributed by atoms with E-state index in [2.05, 4.69) is 10.3 Å². The van der Waals surface area contributed by atoms with Gasteiger partial charge >= 0.3 is 30.2 Å². The molecule has 0 radical (unpaired) electrons. The standard InChI is InChI=1S/C42H42Cl3F3N2O13S/c1-22(51)55-19-29-33(58-23(2)52)35(59-24(3)53)31(49-18-26-14-10-11-17-28(26)42(46,47)48)38(60-29)63-36-32(50-40(54)57-21-41(43,44)45)39(64-27-15-8-5-9-16-27)61-30-20-56-37(62-34(30)36)25-12-6-4-7-13-25/h4-18,29-39H,19-21H2,1-3H3,(H,50,54)/t29-,30-,31-,32-,33+,34-,35-,36-,37?,38-,39+/m1/s1. The first-order chi connectivity index (χ1) is 30.4. The van der Waals surface area contributed by atoms with Crippen LogP contribution in [0.25, 0.3) is 0 Å². The third kappa shape index (κ3) is 13.4. The Morgan fingerprint density at radius 2 is 1.45 bits per heavy atom. The molecule has 3 aromatic carbocycles. The van der Waals surface area contributed by atoms with E-state index >= 15 is 0 Å². The number of benzene rings is 3. The second-order valence-corrected chi connectivity index (χ2v) is 18.1. The summed E-state index contributed by atoms with van der Waals surface area (Å²) in [5.74, 6) is -2.55. The Kier molecular flexibility index (Phi) is 16.8. The SMILES string of the molecule is CC(=O)OC[C@H]1O[C@H](O[C@@H]2[C@@H](NC(=O)OCC(Cl)(Cl)Cl)[C@H](Sc3ccccc3)O[C@@H]3COC(c4ccccc4)O[C@@H]23)[C@H](N=Cc2ccccc2C(F)(F)F)[C@@H](OC(C)=O)[C@H]1OC(C)=O. The first-order valence-corrected chi connectivity index (χ1v) is 21.5. The first-order valence-electron chi connectivity index (χ1n) is 19.5. The summed E-state index contributed by atoms with van der Waals surface area (Å²) in [6.45, 7) is 1.89. The van der Waals surface area contributed by atoms with Crippen LogP contribution in [0.4, 0.5) is 18.0 Å². The topological polar surface area (TPSA) is 176 Å². The van der Waals surface area contributed by atoms with Crippen molar-refractivity contribution in [2.75, 3.05) is 19.8 Å². The highest BCUT2D eigenvalue weighted by molar-refractivity contribution is 7.99. The lowest BCUT2D eigenvalue weighted by Gasteiger charge is -2.51. The van der Waals surface area contributed by atoms with Crippen molar-refractivity contribution >= 4 is 76.8 Å². The molecule has 0 bridgehead atoms. The number of hydrogen-bond donors (Lipinski definition) is 1. The maximum atomic E-state index is 14.2. The quantitative estimate of drug-likeness (QED) is 0.0793. The summed E-state index contributed by atoms with van der Waals surface area (Å²) in [6.07, 6.45) is -15.9. The number of carbonyl (C=O) groups is 4. The fourth-order valence-electron chi connectivity index (χ4n) is 7.07. The van der Waals surface area contributed by atoms with Crippen LogP contribution in [0, 0.1) is 0 Å². The molecule has 0 aliphatic carbocycles. The van der Waals surface area contributed by atoms with Crippen LogP contribution >= 0.6 is 46.6 Å². The Morgan fingerprint density at radius 3 is 2.09 bits per heavy atom. The monoisotopic (exact) mass is 976 g/mol. The van der Waals surface area contributed by atoms with Crippen LogP contribution in [0.1, 0.15) is 43.8 Å². The highest BCUT2D eigenvalue weighted by atomic mass is 35.6. The summed E-state index contributed by atoms with van der Waals surface area (Å²) in [4.78, 5) is 56.3. The molecule has 1 amide bonds. The number of ether oxygens (including phenoxy) is 9. The summed E-state index contributed by atoms with van der Waals surface area (Å²) in [5.41, 5.74) is -1.86. The molecule has 0 aromatic heterocycles. The second-order valence-electron chi connectivity index (χ2n) is 14.5. The molecule has 346 valence electrons. The van der Waals surface area contributed by atoms with E-state index in [1.165, 1.54) is 23.9 Å². The van der Waals surface area contributed by atoms with Gasteiger partial charge in [0, 0.05) is 43.0 Å². The molecular weight excluding hydrogens is 936 g/mol. The summed E-state index contributed by atoms with van der Waals surface area (Å²) in [5, 5.41) is 2.74. The number of hydrogen-bond acceptors (Lipinski definition) is 15. The number of alkyl halides is 6. The highest BCUT2D eigenvalue weighted by Gasteiger charge is 2.57. The number of halogens is 6. The van der Waals surface area contributed by atoms with E-state index in [4.69, 9.17) is 77.4 Å². The lowest BCUT2D eigenvalue weighted by Crippen LogP contribution is -2.69. The predicted molar refractivity (Wildman–Crippen MR) is 224 cm³/mol. The number of fused-ring (bicyclic) bond motifs is 1. The lowest BCUT2D eigenvalue weighted by atomic mass is 9.94. The molecule has 15 nitrogen and oxygen atoms in total. The first kappa shape index (κ1) is 49.3. The van der Waals surface area contributed by atoms with E-state index in [1.54, 1.807) is 60.7 Å². The molecule has 64 heavy (non-hydrogen) atoms. The maximum Gasteiger partial charge on any atom is 0.417 e. The van der Waals surface area contributed by atoms with Crippen molar-refractivity contribution in [1.29, 1.82) is 0 Å². The van der Waals surface area contributed by atoms with Crippen LogP contribution in [-0.2, 0) is 63.2 Å². The minimum atomic E-state index is -4.81. The zero-order valence-corrected chi connectivity index (χ0v) is 37.1. The number of aliphatic imine (C=N–C) groups is 1. The van der Waals surface area contributed by atoms with Crippen molar-refractivity contribution in [1.82, 2.24) is 5.32 Å². The maximum absolute atomic E-state index is 14.2. The third-order valence-electron chi connectivity index (χ3n) is 9.67. The van der Waals surface area contributed by atoms with Gasteiger partial charge in [0.2, 0.25) is 3.79 Å². The van der Waals surface area contributed by atoms with Crippen LogP contribution in [-0.4, -0.2) is 114 Å². The molecule has 0 saturated carbocycles. The fourth-order valence-corrected chi connectivity index (χ4v) is 8.38. The molecule has 3 aromatic rings. The van der Waals surface area contributed by atoms with E-state index in [9.17, 15) is 32.3 Å². The molecule has 3 saturated heterocycles. The van der Waals surface area contributed by atoms with Gasteiger partial charge in [-0.2, -0.15) is 13.2 Å². The van der Waals surface area contributed by atoms with Crippen molar-refractivity contribution in [3.8, 4) is 0 Å². The van der Waals surface area contributed by atoms with Crippen molar-refractivity contribution in [2.45, 2.75) is 102 Å². The number of carbonyl (C=O) groups excluding carboxylic acids is 4. The van der Waals surface area contributed by atoms with Gasteiger partial charge in [-0.25, -0.2) is 4.79 Å². The van der Waals surface area contributed by atoms with Gasteiger partial charge < -0.3 is 47.9 Å². The largest absolute Gasteiger partial charge is 0.463 e. The molecule has 1 N–H and O–H groups in total. The molecule has 0 spiro atoms. The van der Waals surface area contributed by atoms with Crippen molar-refractivity contribution in [3.63, 3.8) is 0 Å². The average molecular weight is 978 g/mol. The molecule has 3 heterocycles. The summed E-state index contributed by atoms with van der Waals surface area (Å²) >= 11 is 18.9. The number of rotatable bonds is 13. The smallest absolute Gasteiger partial charge is 0.417 e. The Bertz CT molecular complexity index is 2110. The predicted octanol–water partition coefficient (Wildman–Crippen LogP) is 7.13. The van der Waals surface area contributed by atoms with Crippen LogP contribution in [0.15, 0.2) is 94.8 Å². The molecule has 6 rings (SSSR count). The van der Waals surface area contributed by atoms with Crippen LogP contribution < -0.4 is 5.32 Å². The van der Waals surface area contributed by atoms with Crippen molar-refractivity contribution in [3.05, 3.63) is 102 Å². The van der Waals surface area contributed by atoms with E-state index in [-0.39, 0.29) is 12.2 Å². The van der Waals surface area contributed by atoms with Crippen LogP contribution in [0.3, 0.4) is 0 Å². The Balaban J connectivity index is 1.50. The van der Waals surface area contributed by atoms with Crippen molar-refractivity contribution < 1.29 is 75.0 Å². The fraction of sp³-hybridized carbons (Fsp3) is 0.452. The van der Waals surface area contributed by atoms with Gasteiger partial charge in [0.1, 0.15) is 49.1 Å². The minimum Gasteiger partial charge on any atom is -0.463 e. The van der Waals surface area contributed by atoms with E-state index in [1.807, 2.05) is 0 Å². The highest BCUT2D eigenvalue weighted by Crippen LogP contribution is 2.42. The summed E-state index contributed by atoms with van der Waals surface area (Å²) in [6, 6.07) is 19.5. The van der Waals surface area contributed by atoms with Crippen LogP contribution in [0.2, 0.25) is 0 Å². The molecule has 22 heteroatoms. The van der Waals surface area contributed by atoms with Crippen LogP contribution in [0.5, 0.6) is 0 Å². The number of thioether (sulfide) groups is 1. The number of alkyl carbamates (subject to hydrolysis) is 1. The number of nitrogens with zero attached hydrogens (tertiary/aromatic N) is 1. The van der Waals surface area contributed by atoms with E-state index < -0.39 is 119 Å². The normalized spacial score (nSPS) is 28.4. The Hall–Kier alpha value is -4.18. The van der Waals surface area contributed by atoms with Gasteiger partial charge in [-0.1, -0.05) is 113 Å². The number of esters is 3. The second kappa shape index (κ2) is 21.9. The molecule has 11 atom stereocenters. The van der Waals surface area contributed by atoms with Crippen molar-refractivity contribution in [2.24, 2.45) is 4.99 Å². The van der Waals surface area contributed by atoms with Gasteiger partial charge in [0.25, 0.3) is 0 Å². The van der Waals surface area contributed by atoms with Gasteiger partial charge in [-0.3, -0.25) is 19.4 Å². The van der Waals surface area contributed by atoms with Gasteiger partial charge in [-0.15, -0.1) is 0 Å². The third-order valence-corrected chi connectivity index (χ3v) is 11.2. The van der Waals surface area contributed by atoms with E-state index in [0.29, 0.717) is 10.5 Å². The minimum absolute atomic E-state index is 0.0681. The van der Waals surface area contributed by atoms with Gasteiger partial charge in [0.05, 0.1) is 18.2 Å². The van der Waals surface area contributed by atoms with Gasteiger partial charge in [-0.05, 0) is 18.2 Å². The number of nitrogens with one attached hydrogen (secondary N) is 1. The zero-order valence-electron chi connectivity index (χ0n) is 34.1. The molecular formula is C42H42Cl3F3N2O13S. The molecule has 3 aliphatic heterocycles. The summed E-state index contributed by atoms with van der Waals surface area (Å²) < 4.78 is 95.2. The lowest BCUT2D eigenvalue weighted by molar-refractivity contribution is -0.343. The summed E-state index contributed by atoms with van der Waals surface area (Å²) in [7, 11) is 0. The Morgan fingerprint density at radius 1 is 0.812 bits per heavy atom.